The summed E-state index contributed by atoms with van der Waals surface area (Å²) in [4.78, 5) is 26.4. The molecule has 1 aromatic rings. The second kappa shape index (κ2) is 5.98. The summed E-state index contributed by atoms with van der Waals surface area (Å²) in [6.45, 7) is 4.15. The molecule has 1 atom stereocenters. The van der Waals surface area contributed by atoms with E-state index >= 15 is 0 Å². The molecule has 1 N–H and O–H groups in total. The highest BCUT2D eigenvalue weighted by Crippen LogP contribution is 2.38. The van der Waals surface area contributed by atoms with Gasteiger partial charge in [-0.3, -0.25) is 4.79 Å². The van der Waals surface area contributed by atoms with Gasteiger partial charge < -0.3 is 15.1 Å². The second-order valence-corrected chi connectivity index (χ2v) is 6.86. The number of rotatable bonds is 3. The quantitative estimate of drug-likeness (QED) is 0.929. The van der Waals surface area contributed by atoms with E-state index in [1.165, 1.54) is 25.7 Å². The molecule has 1 saturated heterocycles. The van der Waals surface area contributed by atoms with Crippen molar-refractivity contribution in [1.29, 1.82) is 0 Å². The Kier molecular flexibility index (Phi) is 3.83. The fourth-order valence-corrected chi connectivity index (χ4v) is 4.20. The number of anilines is 3. The standard InChI is InChI=1S/C17H25N5O/c1-2-14-16(23)19-13-11-18-17(21-9-5-6-10-21)20-15(13)22(14)12-7-3-4-8-12/h11-12,14H,2-10H2,1H3,(H,19,23). The largest absolute Gasteiger partial charge is 0.341 e. The van der Waals surface area contributed by atoms with E-state index in [0.717, 1.165) is 49.8 Å². The van der Waals surface area contributed by atoms with Gasteiger partial charge in [-0.05, 0) is 32.1 Å². The van der Waals surface area contributed by atoms with Crippen molar-refractivity contribution in [1.82, 2.24) is 9.97 Å². The molecule has 0 spiro atoms. The van der Waals surface area contributed by atoms with E-state index in [2.05, 4.69) is 27.0 Å². The smallest absolute Gasteiger partial charge is 0.247 e. The molecule has 3 aliphatic rings. The van der Waals surface area contributed by atoms with Gasteiger partial charge in [-0.1, -0.05) is 19.8 Å². The lowest BCUT2D eigenvalue weighted by Crippen LogP contribution is -2.52. The lowest BCUT2D eigenvalue weighted by atomic mass is 10.0. The fourth-order valence-electron chi connectivity index (χ4n) is 4.20. The van der Waals surface area contributed by atoms with E-state index in [1.807, 2.05) is 0 Å². The van der Waals surface area contributed by atoms with E-state index < -0.39 is 0 Å². The first kappa shape index (κ1) is 14.7. The summed E-state index contributed by atoms with van der Waals surface area (Å²) < 4.78 is 0. The number of nitrogens with zero attached hydrogens (tertiary/aromatic N) is 4. The van der Waals surface area contributed by atoms with Gasteiger partial charge in [0.05, 0.1) is 6.20 Å². The lowest BCUT2D eigenvalue weighted by Gasteiger charge is -2.40. The maximum Gasteiger partial charge on any atom is 0.247 e. The van der Waals surface area contributed by atoms with Crippen molar-refractivity contribution in [3.8, 4) is 0 Å². The van der Waals surface area contributed by atoms with Crippen LogP contribution in [0.25, 0.3) is 0 Å². The molecule has 1 saturated carbocycles. The third-order valence-corrected chi connectivity index (χ3v) is 5.39. The maximum absolute atomic E-state index is 12.5. The zero-order chi connectivity index (χ0) is 15.8. The van der Waals surface area contributed by atoms with Gasteiger partial charge in [0, 0.05) is 19.1 Å². The van der Waals surface area contributed by atoms with E-state index in [-0.39, 0.29) is 11.9 Å². The average molecular weight is 315 g/mol. The minimum Gasteiger partial charge on any atom is -0.341 e. The Bertz CT molecular complexity index is 593. The Morgan fingerprint density at radius 2 is 1.96 bits per heavy atom. The summed E-state index contributed by atoms with van der Waals surface area (Å²) in [6, 6.07) is 0.331. The fraction of sp³-hybridized carbons (Fsp3) is 0.706. The molecule has 1 aliphatic carbocycles. The van der Waals surface area contributed by atoms with E-state index in [4.69, 9.17) is 4.98 Å². The normalized spacial score (nSPS) is 24.9. The van der Waals surface area contributed by atoms with Crippen LogP contribution in [0.2, 0.25) is 0 Å². The average Bonchev–Trinajstić information content (AvgIpc) is 3.26. The van der Waals surface area contributed by atoms with Crippen LogP contribution in [0.5, 0.6) is 0 Å². The zero-order valence-corrected chi connectivity index (χ0v) is 13.8. The minimum atomic E-state index is -0.105. The third kappa shape index (κ3) is 2.54. The van der Waals surface area contributed by atoms with Crippen molar-refractivity contribution in [2.75, 3.05) is 28.2 Å². The van der Waals surface area contributed by atoms with Crippen molar-refractivity contribution in [2.24, 2.45) is 0 Å². The molecule has 3 heterocycles. The number of carbonyl (C=O) groups is 1. The number of aromatic nitrogens is 2. The number of nitrogens with one attached hydrogen (secondary N) is 1. The second-order valence-electron chi connectivity index (χ2n) is 6.86. The Balaban J connectivity index is 1.74. The summed E-state index contributed by atoms with van der Waals surface area (Å²) in [5.41, 5.74) is 0.773. The molecule has 23 heavy (non-hydrogen) atoms. The predicted octanol–water partition coefficient (Wildman–Crippen LogP) is 2.56. The van der Waals surface area contributed by atoms with Crippen LogP contribution in [0.3, 0.4) is 0 Å². The van der Waals surface area contributed by atoms with Gasteiger partial charge in [0.15, 0.2) is 5.82 Å². The van der Waals surface area contributed by atoms with Gasteiger partial charge in [0.25, 0.3) is 0 Å². The van der Waals surface area contributed by atoms with Gasteiger partial charge in [0.2, 0.25) is 11.9 Å². The van der Waals surface area contributed by atoms with Crippen LogP contribution in [0.1, 0.15) is 51.9 Å². The highest BCUT2D eigenvalue weighted by molar-refractivity contribution is 6.02. The molecular formula is C17H25N5O. The summed E-state index contributed by atoms with van der Waals surface area (Å²) in [5.74, 6) is 1.83. The Morgan fingerprint density at radius 1 is 1.22 bits per heavy atom. The van der Waals surface area contributed by atoms with Gasteiger partial charge in [-0.25, -0.2) is 4.98 Å². The van der Waals surface area contributed by atoms with Crippen LogP contribution in [0.15, 0.2) is 6.20 Å². The van der Waals surface area contributed by atoms with Crippen LogP contribution in [0.4, 0.5) is 17.5 Å². The van der Waals surface area contributed by atoms with Crippen molar-refractivity contribution in [3.05, 3.63) is 6.20 Å². The van der Waals surface area contributed by atoms with Crippen molar-refractivity contribution < 1.29 is 4.79 Å². The highest BCUT2D eigenvalue weighted by atomic mass is 16.2. The first-order valence-corrected chi connectivity index (χ1v) is 8.99. The summed E-state index contributed by atoms with van der Waals surface area (Å²) in [5, 5.41) is 3.01. The summed E-state index contributed by atoms with van der Waals surface area (Å²) in [7, 11) is 0. The zero-order valence-electron chi connectivity index (χ0n) is 13.8. The van der Waals surface area contributed by atoms with E-state index in [0.29, 0.717) is 6.04 Å². The molecule has 6 heteroatoms. The molecular weight excluding hydrogens is 290 g/mol. The molecule has 0 bridgehead atoms. The highest BCUT2D eigenvalue weighted by Gasteiger charge is 2.38. The molecule has 124 valence electrons. The number of fused-ring (bicyclic) bond motifs is 1. The monoisotopic (exact) mass is 315 g/mol. The van der Waals surface area contributed by atoms with Crippen LogP contribution in [-0.2, 0) is 4.79 Å². The molecule has 2 fully saturated rings. The van der Waals surface area contributed by atoms with Crippen LogP contribution in [-0.4, -0.2) is 41.0 Å². The number of amides is 1. The molecule has 1 amide bonds. The lowest BCUT2D eigenvalue weighted by molar-refractivity contribution is -0.117. The molecule has 2 aliphatic heterocycles. The topological polar surface area (TPSA) is 61.4 Å². The molecule has 0 aromatic carbocycles. The number of carbonyl (C=O) groups excluding carboxylic acids is 1. The maximum atomic E-state index is 12.5. The number of hydrogen-bond acceptors (Lipinski definition) is 5. The van der Waals surface area contributed by atoms with Gasteiger partial charge >= 0.3 is 0 Å². The molecule has 1 unspecified atom stereocenters. The van der Waals surface area contributed by atoms with Crippen molar-refractivity contribution >= 4 is 23.4 Å². The van der Waals surface area contributed by atoms with Crippen molar-refractivity contribution in [3.63, 3.8) is 0 Å². The first-order valence-electron chi connectivity index (χ1n) is 8.99. The van der Waals surface area contributed by atoms with E-state index in [1.54, 1.807) is 6.20 Å². The molecule has 6 nitrogen and oxygen atoms in total. The molecule has 1 aromatic heterocycles. The van der Waals surface area contributed by atoms with Gasteiger partial charge in [-0.2, -0.15) is 4.98 Å². The number of hydrogen-bond donors (Lipinski definition) is 1. The SMILES string of the molecule is CCC1C(=O)Nc2cnc(N3CCCC3)nc2N1C1CCCC1. The van der Waals surface area contributed by atoms with Crippen LogP contribution in [0, 0.1) is 0 Å². The van der Waals surface area contributed by atoms with Gasteiger partial charge in [0.1, 0.15) is 11.7 Å². The Morgan fingerprint density at radius 3 is 2.65 bits per heavy atom. The van der Waals surface area contributed by atoms with Crippen LogP contribution >= 0.6 is 0 Å². The van der Waals surface area contributed by atoms with Crippen LogP contribution < -0.4 is 15.1 Å². The Hall–Kier alpha value is -1.85. The Labute approximate surface area is 137 Å². The molecule has 4 rings (SSSR count). The summed E-state index contributed by atoms with van der Waals surface area (Å²) in [6.07, 6.45) is 9.84. The predicted molar refractivity (Wildman–Crippen MR) is 90.9 cm³/mol. The van der Waals surface area contributed by atoms with Gasteiger partial charge in [-0.15, -0.1) is 0 Å². The van der Waals surface area contributed by atoms with E-state index in [9.17, 15) is 4.79 Å². The molecule has 0 radical (unpaired) electrons. The van der Waals surface area contributed by atoms with Crippen molar-refractivity contribution in [2.45, 2.75) is 64.0 Å². The third-order valence-electron chi connectivity index (χ3n) is 5.39. The minimum absolute atomic E-state index is 0.0874. The summed E-state index contributed by atoms with van der Waals surface area (Å²) >= 11 is 0. The first-order chi connectivity index (χ1) is 11.3.